The minimum atomic E-state index is -0.346. The van der Waals surface area contributed by atoms with Crippen LogP contribution in [0.15, 0.2) is 18.2 Å². The molecular formula is C15H20FN3. The molecule has 1 unspecified atom stereocenters. The third-order valence-corrected chi connectivity index (χ3v) is 3.63. The van der Waals surface area contributed by atoms with Crippen LogP contribution in [0.4, 0.5) is 4.39 Å². The van der Waals surface area contributed by atoms with Crippen molar-refractivity contribution in [2.45, 2.75) is 33.2 Å². The molecule has 2 rings (SSSR count). The molecule has 19 heavy (non-hydrogen) atoms. The summed E-state index contributed by atoms with van der Waals surface area (Å²) in [5.74, 6) is -0.239. The molecule has 0 saturated carbocycles. The van der Waals surface area contributed by atoms with Crippen LogP contribution >= 0.6 is 0 Å². The molecule has 0 saturated heterocycles. The van der Waals surface area contributed by atoms with E-state index in [1.807, 2.05) is 38.6 Å². The number of hydrogen-bond acceptors (Lipinski definition) is 2. The lowest BCUT2D eigenvalue weighted by atomic mass is 9.97. The van der Waals surface area contributed by atoms with Crippen molar-refractivity contribution in [1.29, 1.82) is 0 Å². The fourth-order valence-electron chi connectivity index (χ4n) is 2.39. The first-order valence-corrected chi connectivity index (χ1v) is 6.41. The minimum Gasteiger partial charge on any atom is -0.324 e. The van der Waals surface area contributed by atoms with Crippen molar-refractivity contribution in [3.63, 3.8) is 0 Å². The number of nitrogens with zero attached hydrogens (tertiary/aromatic N) is 2. The lowest BCUT2D eigenvalue weighted by molar-refractivity contribution is 0.578. The van der Waals surface area contributed by atoms with E-state index < -0.39 is 0 Å². The van der Waals surface area contributed by atoms with Gasteiger partial charge in [-0.15, -0.1) is 0 Å². The van der Waals surface area contributed by atoms with E-state index in [1.165, 1.54) is 6.07 Å². The number of benzene rings is 1. The van der Waals surface area contributed by atoms with E-state index in [-0.39, 0.29) is 11.9 Å². The van der Waals surface area contributed by atoms with E-state index in [9.17, 15) is 4.39 Å². The van der Waals surface area contributed by atoms with Gasteiger partial charge in [0.15, 0.2) is 0 Å². The van der Waals surface area contributed by atoms with E-state index in [1.54, 1.807) is 6.07 Å². The van der Waals surface area contributed by atoms with Gasteiger partial charge in [0, 0.05) is 24.3 Å². The van der Waals surface area contributed by atoms with Crippen molar-refractivity contribution in [3.8, 4) is 0 Å². The van der Waals surface area contributed by atoms with E-state index >= 15 is 0 Å². The average molecular weight is 261 g/mol. The zero-order valence-electron chi connectivity index (χ0n) is 11.9. The molecule has 2 aromatic rings. The molecule has 0 aliphatic heterocycles. The van der Waals surface area contributed by atoms with Crippen molar-refractivity contribution in [2.75, 3.05) is 0 Å². The smallest absolute Gasteiger partial charge is 0.128 e. The number of halogens is 1. The first-order valence-electron chi connectivity index (χ1n) is 6.41. The molecule has 4 heteroatoms. The molecule has 0 aliphatic rings. The number of rotatable bonds is 3. The van der Waals surface area contributed by atoms with Crippen molar-refractivity contribution >= 4 is 0 Å². The van der Waals surface area contributed by atoms with Gasteiger partial charge in [0.25, 0.3) is 0 Å². The Morgan fingerprint density at radius 3 is 2.58 bits per heavy atom. The summed E-state index contributed by atoms with van der Waals surface area (Å²) < 4.78 is 15.7. The van der Waals surface area contributed by atoms with Gasteiger partial charge in [-0.25, -0.2) is 4.39 Å². The van der Waals surface area contributed by atoms with Gasteiger partial charge in [0.1, 0.15) is 5.82 Å². The fourth-order valence-corrected chi connectivity index (χ4v) is 2.39. The quantitative estimate of drug-likeness (QED) is 0.923. The van der Waals surface area contributed by atoms with Gasteiger partial charge >= 0.3 is 0 Å². The molecule has 0 radical (unpaired) electrons. The second kappa shape index (κ2) is 5.13. The summed E-state index contributed by atoms with van der Waals surface area (Å²) in [6, 6.07) is 4.71. The summed E-state index contributed by atoms with van der Waals surface area (Å²) in [5, 5.41) is 4.36. The summed E-state index contributed by atoms with van der Waals surface area (Å²) in [4.78, 5) is 0. The minimum absolute atomic E-state index is 0.239. The highest BCUT2D eigenvalue weighted by Gasteiger charge is 2.17. The van der Waals surface area contributed by atoms with Gasteiger partial charge in [0.2, 0.25) is 0 Å². The Morgan fingerprint density at radius 1 is 1.32 bits per heavy atom. The largest absolute Gasteiger partial charge is 0.324 e. The van der Waals surface area contributed by atoms with E-state index in [0.717, 1.165) is 22.5 Å². The van der Waals surface area contributed by atoms with Gasteiger partial charge in [-0.1, -0.05) is 17.7 Å². The Balaban J connectivity index is 2.30. The highest BCUT2D eigenvalue weighted by atomic mass is 19.1. The summed E-state index contributed by atoms with van der Waals surface area (Å²) in [6.45, 7) is 5.91. The van der Waals surface area contributed by atoms with Crippen LogP contribution in [0.25, 0.3) is 0 Å². The number of nitrogens with two attached hydrogens (primary N) is 1. The first-order chi connectivity index (χ1) is 8.90. The molecule has 0 spiro atoms. The van der Waals surface area contributed by atoms with Crippen LogP contribution in [-0.4, -0.2) is 9.78 Å². The molecule has 0 aliphatic carbocycles. The first kappa shape index (κ1) is 13.7. The average Bonchev–Trinajstić information content (AvgIpc) is 2.59. The standard InChI is InChI=1S/C15H20FN3/c1-9-5-6-14(16)13(7-9)15(17)8-12-10(2)18-19(4)11(12)3/h5-7,15H,8,17H2,1-4H3. The zero-order chi connectivity index (χ0) is 14.2. The Kier molecular flexibility index (Phi) is 3.71. The van der Waals surface area contributed by atoms with Gasteiger partial charge in [-0.3, -0.25) is 4.68 Å². The molecule has 2 N–H and O–H groups in total. The summed E-state index contributed by atoms with van der Waals surface area (Å²) >= 11 is 0. The molecule has 1 atom stereocenters. The molecule has 0 amide bonds. The topological polar surface area (TPSA) is 43.8 Å². The molecule has 3 nitrogen and oxygen atoms in total. The van der Waals surface area contributed by atoms with Gasteiger partial charge in [0.05, 0.1) is 5.69 Å². The maximum atomic E-state index is 13.8. The van der Waals surface area contributed by atoms with Gasteiger partial charge in [-0.2, -0.15) is 5.10 Å². The van der Waals surface area contributed by atoms with E-state index in [2.05, 4.69) is 5.10 Å². The monoisotopic (exact) mass is 261 g/mol. The Labute approximate surface area is 113 Å². The third-order valence-electron chi connectivity index (χ3n) is 3.63. The summed E-state index contributed by atoms with van der Waals surface area (Å²) in [6.07, 6.45) is 0.603. The summed E-state index contributed by atoms with van der Waals surface area (Å²) in [7, 11) is 1.91. The van der Waals surface area contributed by atoms with Crippen LogP contribution in [-0.2, 0) is 13.5 Å². The number of aromatic nitrogens is 2. The van der Waals surface area contributed by atoms with Crippen LogP contribution in [0.5, 0.6) is 0 Å². The van der Waals surface area contributed by atoms with Crippen LogP contribution < -0.4 is 5.73 Å². The predicted molar refractivity (Wildman–Crippen MR) is 74.5 cm³/mol. The fraction of sp³-hybridized carbons (Fsp3) is 0.400. The highest BCUT2D eigenvalue weighted by Crippen LogP contribution is 2.23. The van der Waals surface area contributed by atoms with Crippen molar-refractivity contribution < 1.29 is 4.39 Å². The van der Waals surface area contributed by atoms with Crippen LogP contribution in [0.3, 0.4) is 0 Å². The number of hydrogen-bond donors (Lipinski definition) is 1. The number of aryl methyl sites for hydroxylation is 3. The van der Waals surface area contributed by atoms with Crippen molar-refractivity contribution in [1.82, 2.24) is 9.78 Å². The third kappa shape index (κ3) is 2.68. The maximum absolute atomic E-state index is 13.8. The van der Waals surface area contributed by atoms with E-state index in [0.29, 0.717) is 12.0 Å². The SMILES string of the molecule is Cc1ccc(F)c(C(N)Cc2c(C)nn(C)c2C)c1. The second-order valence-corrected chi connectivity index (χ2v) is 5.11. The molecule has 1 heterocycles. The van der Waals surface area contributed by atoms with Crippen molar-refractivity contribution in [2.24, 2.45) is 12.8 Å². The summed E-state index contributed by atoms with van der Waals surface area (Å²) in [5.41, 5.74) is 10.9. The molecule has 102 valence electrons. The molecule has 0 bridgehead atoms. The Morgan fingerprint density at radius 2 is 2.00 bits per heavy atom. The van der Waals surface area contributed by atoms with Crippen molar-refractivity contribution in [3.05, 3.63) is 52.1 Å². The van der Waals surface area contributed by atoms with Crippen LogP contribution in [0.1, 0.15) is 34.1 Å². The van der Waals surface area contributed by atoms with Gasteiger partial charge < -0.3 is 5.73 Å². The van der Waals surface area contributed by atoms with Crippen LogP contribution in [0, 0.1) is 26.6 Å². The Hall–Kier alpha value is -1.68. The Bertz CT molecular complexity index is 602. The highest BCUT2D eigenvalue weighted by molar-refractivity contribution is 5.31. The second-order valence-electron chi connectivity index (χ2n) is 5.11. The van der Waals surface area contributed by atoms with E-state index in [4.69, 9.17) is 5.73 Å². The normalized spacial score (nSPS) is 12.7. The molecule has 1 aromatic heterocycles. The van der Waals surface area contributed by atoms with Gasteiger partial charge in [-0.05, 0) is 38.8 Å². The predicted octanol–water partition coefficient (Wildman–Crippen LogP) is 2.73. The maximum Gasteiger partial charge on any atom is 0.128 e. The lowest BCUT2D eigenvalue weighted by Gasteiger charge is -2.14. The zero-order valence-corrected chi connectivity index (χ0v) is 11.9. The molecule has 1 aromatic carbocycles. The van der Waals surface area contributed by atoms with Crippen LogP contribution in [0.2, 0.25) is 0 Å². The molecule has 0 fully saturated rings. The molecular weight excluding hydrogens is 241 g/mol. The lowest BCUT2D eigenvalue weighted by Crippen LogP contribution is -2.16.